The molecule has 6 heteroatoms. The second kappa shape index (κ2) is 8.19. The van der Waals surface area contributed by atoms with E-state index in [0.29, 0.717) is 25.7 Å². The van der Waals surface area contributed by atoms with E-state index in [-0.39, 0.29) is 0 Å². The number of nitrogens with zero attached hydrogens (tertiary/aromatic N) is 2. The van der Waals surface area contributed by atoms with Gasteiger partial charge in [-0.2, -0.15) is 12.7 Å². The Hall–Kier alpha value is -0.170. The third kappa shape index (κ3) is 5.38. The van der Waals surface area contributed by atoms with E-state index in [0.717, 1.165) is 19.5 Å². The van der Waals surface area contributed by atoms with Gasteiger partial charge in [0, 0.05) is 25.7 Å². The highest BCUT2D eigenvalue weighted by Gasteiger charge is 2.19. The lowest BCUT2D eigenvalue weighted by atomic mass is 10.0. The second-order valence-corrected chi connectivity index (χ2v) is 6.97. The first kappa shape index (κ1) is 16.9. The Morgan fingerprint density at radius 2 is 1.95 bits per heavy atom. The van der Waals surface area contributed by atoms with Crippen LogP contribution in [0.15, 0.2) is 0 Å². The minimum atomic E-state index is -3.27. The summed E-state index contributed by atoms with van der Waals surface area (Å²) in [4.78, 5) is 2.47. The van der Waals surface area contributed by atoms with Gasteiger partial charge in [-0.25, -0.2) is 4.72 Å². The number of hydrogen-bond acceptors (Lipinski definition) is 3. The smallest absolute Gasteiger partial charge is 0.279 e. The quantitative estimate of drug-likeness (QED) is 0.688. The molecule has 1 aliphatic rings. The van der Waals surface area contributed by atoms with Crippen molar-refractivity contribution in [2.75, 3.05) is 32.7 Å². The van der Waals surface area contributed by atoms with Gasteiger partial charge >= 0.3 is 0 Å². The number of hydrogen-bond donors (Lipinski definition) is 1. The Morgan fingerprint density at radius 3 is 2.53 bits per heavy atom. The van der Waals surface area contributed by atoms with Crippen LogP contribution in [-0.2, 0) is 10.2 Å². The Kier molecular flexibility index (Phi) is 7.28. The minimum absolute atomic E-state index is 0.523. The van der Waals surface area contributed by atoms with Gasteiger partial charge in [0.1, 0.15) is 0 Å². The van der Waals surface area contributed by atoms with Gasteiger partial charge in [0.05, 0.1) is 0 Å². The summed E-state index contributed by atoms with van der Waals surface area (Å²) >= 11 is 0. The first-order chi connectivity index (χ1) is 9.01. The molecule has 0 radical (unpaired) electrons. The number of piperidine rings is 1. The standard InChI is InChI=1S/C13H29N3O2S/c1-4-16(5-2)19(17,18)14-10-8-12-15-11-7-6-9-13(15)3/h13-14H,4-12H2,1-3H3/t13-/m1/s1. The zero-order valence-electron chi connectivity index (χ0n) is 12.6. The van der Waals surface area contributed by atoms with Gasteiger partial charge in [-0.1, -0.05) is 20.3 Å². The van der Waals surface area contributed by atoms with Gasteiger partial charge in [-0.15, -0.1) is 0 Å². The van der Waals surface area contributed by atoms with Crippen LogP contribution in [0.1, 0.15) is 46.5 Å². The molecule has 1 N–H and O–H groups in total. The largest absolute Gasteiger partial charge is 0.301 e. The maximum atomic E-state index is 11.9. The van der Waals surface area contributed by atoms with Gasteiger partial charge in [0.25, 0.3) is 10.2 Å². The normalized spacial score (nSPS) is 22.0. The summed E-state index contributed by atoms with van der Waals surface area (Å²) in [6.45, 7) is 9.70. The van der Waals surface area contributed by atoms with Crippen molar-refractivity contribution in [3.8, 4) is 0 Å². The maximum Gasteiger partial charge on any atom is 0.279 e. The molecule has 1 saturated heterocycles. The van der Waals surface area contributed by atoms with Crippen molar-refractivity contribution < 1.29 is 8.42 Å². The van der Waals surface area contributed by atoms with Crippen LogP contribution < -0.4 is 4.72 Å². The summed E-state index contributed by atoms with van der Waals surface area (Å²) in [7, 11) is -3.27. The van der Waals surface area contributed by atoms with Crippen LogP contribution in [0.3, 0.4) is 0 Å². The van der Waals surface area contributed by atoms with Crippen molar-refractivity contribution in [3.63, 3.8) is 0 Å². The van der Waals surface area contributed by atoms with E-state index in [1.165, 1.54) is 23.6 Å². The third-order valence-corrected chi connectivity index (χ3v) is 5.66. The SMILES string of the molecule is CCN(CC)S(=O)(=O)NCCCN1CCCC[C@H]1C. The fourth-order valence-corrected chi connectivity index (χ4v) is 3.89. The molecule has 0 aliphatic carbocycles. The molecule has 0 bridgehead atoms. The van der Waals surface area contributed by atoms with Crippen LogP contribution >= 0.6 is 0 Å². The fraction of sp³-hybridized carbons (Fsp3) is 1.00. The summed E-state index contributed by atoms with van der Waals surface area (Å²) in [6, 6.07) is 0.646. The molecule has 0 aromatic rings. The fourth-order valence-electron chi connectivity index (χ4n) is 2.63. The van der Waals surface area contributed by atoms with Crippen LogP contribution in [0, 0.1) is 0 Å². The first-order valence-corrected chi connectivity index (χ1v) is 8.94. The molecular formula is C13H29N3O2S. The molecule has 0 saturated carbocycles. The highest BCUT2D eigenvalue weighted by Crippen LogP contribution is 2.16. The van der Waals surface area contributed by atoms with Crippen LogP contribution in [0.4, 0.5) is 0 Å². The lowest BCUT2D eigenvalue weighted by Gasteiger charge is -2.33. The van der Waals surface area contributed by atoms with Crippen LogP contribution in [-0.4, -0.2) is 56.4 Å². The molecule has 5 nitrogen and oxygen atoms in total. The van der Waals surface area contributed by atoms with Crippen LogP contribution in [0.2, 0.25) is 0 Å². The van der Waals surface area contributed by atoms with Gasteiger partial charge < -0.3 is 4.90 Å². The predicted molar refractivity (Wildman–Crippen MR) is 79.3 cm³/mol. The van der Waals surface area contributed by atoms with Crippen molar-refractivity contribution >= 4 is 10.2 Å². The van der Waals surface area contributed by atoms with Crippen molar-refractivity contribution in [1.29, 1.82) is 0 Å². The Labute approximate surface area is 118 Å². The van der Waals surface area contributed by atoms with Crippen LogP contribution in [0.25, 0.3) is 0 Å². The average molecular weight is 291 g/mol. The van der Waals surface area contributed by atoms with Gasteiger partial charge in [-0.3, -0.25) is 0 Å². The molecule has 1 atom stereocenters. The predicted octanol–water partition coefficient (Wildman–Crippen LogP) is 1.43. The molecule has 1 aliphatic heterocycles. The minimum Gasteiger partial charge on any atom is -0.301 e. The Morgan fingerprint density at radius 1 is 1.26 bits per heavy atom. The summed E-state index contributed by atoms with van der Waals surface area (Å²) in [5.41, 5.74) is 0. The van der Waals surface area contributed by atoms with E-state index in [1.807, 2.05) is 13.8 Å². The molecule has 19 heavy (non-hydrogen) atoms. The monoisotopic (exact) mass is 291 g/mol. The summed E-state index contributed by atoms with van der Waals surface area (Å²) in [5, 5.41) is 0. The van der Waals surface area contributed by atoms with Gasteiger partial charge in [0.2, 0.25) is 0 Å². The van der Waals surface area contributed by atoms with E-state index >= 15 is 0 Å². The first-order valence-electron chi connectivity index (χ1n) is 7.50. The number of rotatable bonds is 8. The lowest BCUT2D eigenvalue weighted by Crippen LogP contribution is -2.42. The molecule has 1 fully saturated rings. The third-order valence-electron chi connectivity index (χ3n) is 3.89. The Bertz CT molecular complexity index is 342. The highest BCUT2D eigenvalue weighted by molar-refractivity contribution is 7.87. The maximum absolute atomic E-state index is 11.9. The van der Waals surface area contributed by atoms with E-state index in [4.69, 9.17) is 0 Å². The van der Waals surface area contributed by atoms with E-state index in [9.17, 15) is 8.42 Å². The topological polar surface area (TPSA) is 52.7 Å². The molecule has 0 spiro atoms. The molecule has 1 rings (SSSR count). The molecule has 0 aromatic heterocycles. The highest BCUT2D eigenvalue weighted by atomic mass is 32.2. The zero-order chi connectivity index (χ0) is 14.3. The van der Waals surface area contributed by atoms with E-state index in [2.05, 4.69) is 16.5 Å². The second-order valence-electron chi connectivity index (χ2n) is 5.22. The summed E-state index contributed by atoms with van der Waals surface area (Å²) < 4.78 is 28.0. The Balaban J connectivity index is 2.26. The summed E-state index contributed by atoms with van der Waals surface area (Å²) in [6.07, 6.45) is 4.75. The number of nitrogens with one attached hydrogen (secondary N) is 1. The molecular weight excluding hydrogens is 262 g/mol. The van der Waals surface area contributed by atoms with Crippen molar-refractivity contribution in [1.82, 2.24) is 13.9 Å². The van der Waals surface area contributed by atoms with Crippen molar-refractivity contribution in [3.05, 3.63) is 0 Å². The van der Waals surface area contributed by atoms with Crippen molar-refractivity contribution in [2.45, 2.75) is 52.5 Å². The van der Waals surface area contributed by atoms with Crippen LogP contribution in [0.5, 0.6) is 0 Å². The number of likely N-dealkylation sites (tertiary alicyclic amines) is 1. The lowest BCUT2D eigenvalue weighted by molar-refractivity contribution is 0.159. The van der Waals surface area contributed by atoms with E-state index < -0.39 is 10.2 Å². The van der Waals surface area contributed by atoms with E-state index in [1.54, 1.807) is 0 Å². The van der Waals surface area contributed by atoms with Crippen molar-refractivity contribution in [2.24, 2.45) is 0 Å². The molecule has 114 valence electrons. The molecule has 0 aromatic carbocycles. The average Bonchev–Trinajstić information content (AvgIpc) is 2.37. The zero-order valence-corrected chi connectivity index (χ0v) is 13.4. The van der Waals surface area contributed by atoms with Gasteiger partial charge in [-0.05, 0) is 39.3 Å². The van der Waals surface area contributed by atoms with Gasteiger partial charge in [0.15, 0.2) is 0 Å². The molecule has 0 unspecified atom stereocenters. The molecule has 0 amide bonds. The summed E-state index contributed by atoms with van der Waals surface area (Å²) in [5.74, 6) is 0. The molecule has 1 heterocycles.